The van der Waals surface area contributed by atoms with E-state index in [2.05, 4.69) is 24.0 Å². The number of aryl methyl sites for hydroxylation is 2. The van der Waals surface area contributed by atoms with Crippen LogP contribution in [0.3, 0.4) is 0 Å². The molecule has 0 saturated carbocycles. The van der Waals surface area contributed by atoms with E-state index in [0.717, 1.165) is 42.9 Å². The fourth-order valence-electron chi connectivity index (χ4n) is 3.47. The second-order valence-corrected chi connectivity index (χ2v) is 8.92. The van der Waals surface area contributed by atoms with Gasteiger partial charge in [-0.2, -0.15) is 4.31 Å². The quantitative estimate of drug-likeness (QED) is 0.763. The Morgan fingerprint density at radius 1 is 0.963 bits per heavy atom. The van der Waals surface area contributed by atoms with Gasteiger partial charge in [-0.05, 0) is 48.2 Å². The van der Waals surface area contributed by atoms with E-state index in [4.69, 9.17) is 4.74 Å². The van der Waals surface area contributed by atoms with Gasteiger partial charge >= 0.3 is 0 Å². The zero-order valence-electron chi connectivity index (χ0n) is 16.3. The molecule has 3 rings (SSSR count). The molecule has 1 aliphatic rings. The first kappa shape index (κ1) is 19.9. The van der Waals surface area contributed by atoms with E-state index in [1.54, 1.807) is 23.5 Å². The second kappa shape index (κ2) is 8.42. The van der Waals surface area contributed by atoms with E-state index in [1.807, 2.05) is 25.1 Å². The summed E-state index contributed by atoms with van der Waals surface area (Å²) in [6.45, 7) is 7.43. The third-order valence-electron chi connectivity index (χ3n) is 5.17. The minimum atomic E-state index is -3.41. The molecule has 0 radical (unpaired) electrons. The largest absolute Gasteiger partial charge is 0.496 e. The zero-order valence-corrected chi connectivity index (χ0v) is 17.1. The van der Waals surface area contributed by atoms with Crippen LogP contribution in [-0.2, 0) is 23.0 Å². The number of hydrogen-bond donors (Lipinski definition) is 0. The van der Waals surface area contributed by atoms with Crippen LogP contribution >= 0.6 is 0 Å². The fraction of sp³-hybridized carbons (Fsp3) is 0.429. The van der Waals surface area contributed by atoms with E-state index in [1.165, 1.54) is 5.56 Å². The number of ether oxygens (including phenoxy) is 1. The number of nitrogens with zero attached hydrogens (tertiary/aromatic N) is 2. The van der Waals surface area contributed by atoms with E-state index in [0.29, 0.717) is 18.0 Å². The Morgan fingerprint density at radius 3 is 2.15 bits per heavy atom. The first-order valence-electron chi connectivity index (χ1n) is 9.39. The van der Waals surface area contributed by atoms with Crippen LogP contribution in [-0.4, -0.2) is 50.9 Å². The lowest BCUT2D eigenvalue weighted by Crippen LogP contribution is -2.48. The van der Waals surface area contributed by atoms with Crippen LogP contribution in [0.4, 0.5) is 0 Å². The highest BCUT2D eigenvalue weighted by molar-refractivity contribution is 7.89. The van der Waals surface area contributed by atoms with Crippen LogP contribution < -0.4 is 4.74 Å². The van der Waals surface area contributed by atoms with Crippen molar-refractivity contribution in [3.8, 4) is 5.75 Å². The number of sulfonamides is 1. The fourth-order valence-corrected chi connectivity index (χ4v) is 4.89. The molecule has 0 aliphatic carbocycles. The molecule has 0 spiro atoms. The van der Waals surface area contributed by atoms with Crippen LogP contribution in [0.15, 0.2) is 47.4 Å². The highest BCUT2D eigenvalue weighted by Gasteiger charge is 2.28. The van der Waals surface area contributed by atoms with Gasteiger partial charge in [0, 0.05) is 32.7 Å². The Kier molecular flexibility index (Phi) is 6.19. The van der Waals surface area contributed by atoms with Gasteiger partial charge in [0.2, 0.25) is 10.0 Å². The molecule has 2 aromatic carbocycles. The highest BCUT2D eigenvalue weighted by Crippen LogP contribution is 2.22. The van der Waals surface area contributed by atoms with Gasteiger partial charge in [-0.1, -0.05) is 31.2 Å². The van der Waals surface area contributed by atoms with Crippen molar-refractivity contribution in [1.82, 2.24) is 9.21 Å². The van der Waals surface area contributed by atoms with Crippen LogP contribution in [0.1, 0.15) is 23.6 Å². The van der Waals surface area contributed by atoms with Gasteiger partial charge in [0.25, 0.3) is 0 Å². The van der Waals surface area contributed by atoms with Crippen molar-refractivity contribution in [2.24, 2.45) is 0 Å². The van der Waals surface area contributed by atoms with Crippen molar-refractivity contribution in [3.63, 3.8) is 0 Å². The summed E-state index contributed by atoms with van der Waals surface area (Å²) in [7, 11) is -1.73. The molecule has 6 heteroatoms. The summed E-state index contributed by atoms with van der Waals surface area (Å²) in [6.07, 6.45) is 0.907. The van der Waals surface area contributed by atoms with Crippen molar-refractivity contribution >= 4 is 10.0 Å². The van der Waals surface area contributed by atoms with Crippen molar-refractivity contribution in [2.75, 3.05) is 33.3 Å². The summed E-state index contributed by atoms with van der Waals surface area (Å²) in [4.78, 5) is 2.69. The average Bonchev–Trinajstić information content (AvgIpc) is 2.68. The van der Waals surface area contributed by atoms with Crippen LogP contribution in [0.5, 0.6) is 5.75 Å². The van der Waals surface area contributed by atoms with Gasteiger partial charge in [0.15, 0.2) is 0 Å². The molecular formula is C21H28N2O3S. The van der Waals surface area contributed by atoms with Crippen molar-refractivity contribution in [1.29, 1.82) is 0 Å². The normalized spacial score (nSPS) is 16.4. The number of methoxy groups -OCH3 is 1. The maximum absolute atomic E-state index is 12.9. The third kappa shape index (κ3) is 4.51. The molecule has 0 aromatic heterocycles. The SMILES string of the molecule is CCc1ccc(S(=O)(=O)N2CCN(Cc3ccc(OC)c(C)c3)CC2)cc1. The third-order valence-corrected chi connectivity index (χ3v) is 7.08. The van der Waals surface area contributed by atoms with E-state index < -0.39 is 10.0 Å². The monoisotopic (exact) mass is 388 g/mol. The number of benzene rings is 2. The van der Waals surface area contributed by atoms with Crippen LogP contribution in [0, 0.1) is 6.92 Å². The molecule has 146 valence electrons. The summed E-state index contributed by atoms with van der Waals surface area (Å²) in [5.74, 6) is 0.892. The summed E-state index contributed by atoms with van der Waals surface area (Å²) in [5.41, 5.74) is 3.49. The number of hydrogen-bond acceptors (Lipinski definition) is 4. The molecule has 0 bridgehead atoms. The molecule has 0 N–H and O–H groups in total. The molecule has 1 aliphatic heterocycles. The predicted molar refractivity (Wildman–Crippen MR) is 108 cm³/mol. The standard InChI is InChI=1S/C21H28N2O3S/c1-4-18-5-8-20(9-6-18)27(24,25)23-13-11-22(12-14-23)16-19-7-10-21(26-3)17(2)15-19/h5-10,15H,4,11-14,16H2,1-3H3. The summed E-state index contributed by atoms with van der Waals surface area (Å²) in [6, 6.07) is 13.4. The Balaban J connectivity index is 1.61. The van der Waals surface area contributed by atoms with Crippen molar-refractivity contribution in [2.45, 2.75) is 31.7 Å². The van der Waals surface area contributed by atoms with Crippen LogP contribution in [0.25, 0.3) is 0 Å². The van der Waals surface area contributed by atoms with E-state index in [-0.39, 0.29) is 0 Å². The molecule has 0 atom stereocenters. The Labute approximate surface area is 162 Å². The highest BCUT2D eigenvalue weighted by atomic mass is 32.2. The first-order valence-corrected chi connectivity index (χ1v) is 10.8. The van der Waals surface area contributed by atoms with Crippen molar-refractivity contribution in [3.05, 3.63) is 59.2 Å². The predicted octanol–water partition coefficient (Wildman–Crippen LogP) is 3.07. The van der Waals surface area contributed by atoms with E-state index in [9.17, 15) is 8.42 Å². The second-order valence-electron chi connectivity index (χ2n) is 6.98. The molecule has 2 aromatic rings. The van der Waals surface area contributed by atoms with Gasteiger partial charge in [-0.25, -0.2) is 8.42 Å². The van der Waals surface area contributed by atoms with Gasteiger partial charge in [-0.15, -0.1) is 0 Å². The summed E-state index contributed by atoms with van der Waals surface area (Å²) >= 11 is 0. The molecule has 27 heavy (non-hydrogen) atoms. The molecular weight excluding hydrogens is 360 g/mol. The van der Waals surface area contributed by atoms with Gasteiger partial charge in [0.1, 0.15) is 5.75 Å². The summed E-state index contributed by atoms with van der Waals surface area (Å²) in [5, 5.41) is 0. The maximum atomic E-state index is 12.9. The summed E-state index contributed by atoms with van der Waals surface area (Å²) < 4.78 is 32.6. The lowest BCUT2D eigenvalue weighted by Gasteiger charge is -2.34. The topological polar surface area (TPSA) is 49.9 Å². The zero-order chi connectivity index (χ0) is 19.4. The average molecular weight is 389 g/mol. The molecule has 1 fully saturated rings. The maximum Gasteiger partial charge on any atom is 0.243 e. The molecule has 0 amide bonds. The molecule has 1 saturated heterocycles. The van der Waals surface area contributed by atoms with Gasteiger partial charge < -0.3 is 4.74 Å². The number of rotatable bonds is 6. The van der Waals surface area contributed by atoms with E-state index >= 15 is 0 Å². The lowest BCUT2D eigenvalue weighted by molar-refractivity contribution is 0.181. The first-order chi connectivity index (χ1) is 12.9. The van der Waals surface area contributed by atoms with Crippen LogP contribution in [0.2, 0.25) is 0 Å². The Morgan fingerprint density at radius 2 is 1.59 bits per heavy atom. The minimum absolute atomic E-state index is 0.388. The minimum Gasteiger partial charge on any atom is -0.496 e. The number of piperazine rings is 1. The van der Waals surface area contributed by atoms with Gasteiger partial charge in [0.05, 0.1) is 12.0 Å². The molecule has 5 nitrogen and oxygen atoms in total. The van der Waals surface area contributed by atoms with Gasteiger partial charge in [-0.3, -0.25) is 4.90 Å². The Bertz CT molecular complexity index is 871. The molecule has 0 unspecified atom stereocenters. The Hall–Kier alpha value is -1.89. The molecule has 1 heterocycles. The lowest BCUT2D eigenvalue weighted by atomic mass is 10.1. The smallest absolute Gasteiger partial charge is 0.243 e. The van der Waals surface area contributed by atoms with Crippen molar-refractivity contribution < 1.29 is 13.2 Å².